The molecule has 0 spiro atoms. The monoisotopic (exact) mass is 381 g/mol. The second kappa shape index (κ2) is 8.84. The first-order valence-electron chi connectivity index (χ1n) is 7.25. The summed E-state index contributed by atoms with van der Waals surface area (Å²) in [5.41, 5.74) is 5.78. The molecule has 0 aliphatic carbocycles. The maximum absolute atomic E-state index is 12.6. The van der Waals surface area contributed by atoms with E-state index in [0.29, 0.717) is 38.2 Å². The Kier molecular flexibility index (Phi) is 7.76. The zero-order chi connectivity index (χ0) is 16.2. The number of hydrogen-bond donors (Lipinski definition) is 2. The van der Waals surface area contributed by atoms with Crippen molar-refractivity contribution in [3.8, 4) is 0 Å². The highest BCUT2D eigenvalue weighted by atomic mass is 35.5. The lowest BCUT2D eigenvalue weighted by molar-refractivity contribution is -0.116. The molecule has 0 aromatic heterocycles. The Bertz CT molecular complexity index is 647. The predicted molar refractivity (Wildman–Crippen MR) is 93.6 cm³/mol. The largest absolute Gasteiger partial charge is 0.330 e. The molecule has 1 amide bonds. The van der Waals surface area contributed by atoms with Crippen LogP contribution in [0.2, 0.25) is 5.02 Å². The van der Waals surface area contributed by atoms with Crippen molar-refractivity contribution in [1.82, 2.24) is 4.31 Å². The van der Waals surface area contributed by atoms with Crippen LogP contribution in [0.15, 0.2) is 23.1 Å². The van der Waals surface area contributed by atoms with Crippen molar-refractivity contribution in [2.75, 3.05) is 25.0 Å². The number of carbonyl (C=O) groups excluding carboxylic acids is 1. The summed E-state index contributed by atoms with van der Waals surface area (Å²) in [6.07, 6.45) is 2.59. The second-order valence-electron chi connectivity index (χ2n) is 5.20. The zero-order valence-corrected chi connectivity index (χ0v) is 15.0. The van der Waals surface area contributed by atoms with Gasteiger partial charge in [0.25, 0.3) is 0 Å². The Labute approximate surface area is 147 Å². The molecule has 0 saturated carbocycles. The van der Waals surface area contributed by atoms with Crippen molar-refractivity contribution in [3.63, 3.8) is 0 Å². The number of nitrogens with zero attached hydrogens (tertiary/aromatic N) is 1. The van der Waals surface area contributed by atoms with Crippen molar-refractivity contribution >= 4 is 45.6 Å². The fourth-order valence-electron chi connectivity index (χ4n) is 2.33. The van der Waals surface area contributed by atoms with E-state index >= 15 is 0 Å². The molecule has 0 radical (unpaired) electrons. The van der Waals surface area contributed by atoms with Crippen LogP contribution in [-0.2, 0) is 14.8 Å². The lowest BCUT2D eigenvalue weighted by Crippen LogP contribution is -2.28. The van der Waals surface area contributed by atoms with Gasteiger partial charge in [-0.05, 0) is 44.0 Å². The topological polar surface area (TPSA) is 92.5 Å². The van der Waals surface area contributed by atoms with Gasteiger partial charge in [-0.2, -0.15) is 4.31 Å². The van der Waals surface area contributed by atoms with Crippen LogP contribution in [0.1, 0.15) is 25.7 Å². The number of carbonyl (C=O) groups is 1. The first-order valence-corrected chi connectivity index (χ1v) is 9.06. The molecule has 3 N–H and O–H groups in total. The SMILES string of the molecule is Cl.NCCCC(=O)Nc1ccc(Cl)c(S(=O)(=O)N2CCCC2)c1. The number of nitrogens with two attached hydrogens (primary N) is 1. The molecular weight excluding hydrogens is 361 g/mol. The Balaban J connectivity index is 0.00000264. The molecule has 23 heavy (non-hydrogen) atoms. The molecule has 2 rings (SSSR count). The van der Waals surface area contributed by atoms with Gasteiger partial charge in [0, 0.05) is 25.2 Å². The standard InChI is InChI=1S/C14H20ClN3O3S.ClH/c15-12-6-5-11(17-14(19)4-3-7-16)10-13(12)22(20,21)18-8-1-2-9-18;/h5-6,10H,1-4,7-9,16H2,(H,17,19);1H. The molecule has 1 heterocycles. The van der Waals surface area contributed by atoms with Crippen molar-refractivity contribution in [2.24, 2.45) is 5.73 Å². The van der Waals surface area contributed by atoms with E-state index in [-0.39, 0.29) is 28.2 Å². The van der Waals surface area contributed by atoms with Crippen molar-refractivity contribution in [1.29, 1.82) is 0 Å². The van der Waals surface area contributed by atoms with Crippen LogP contribution < -0.4 is 11.1 Å². The van der Waals surface area contributed by atoms with Gasteiger partial charge < -0.3 is 11.1 Å². The van der Waals surface area contributed by atoms with E-state index in [1.54, 1.807) is 6.07 Å². The first kappa shape index (κ1) is 20.2. The van der Waals surface area contributed by atoms with Gasteiger partial charge in [0.15, 0.2) is 0 Å². The van der Waals surface area contributed by atoms with E-state index < -0.39 is 10.0 Å². The number of hydrogen-bond acceptors (Lipinski definition) is 4. The van der Waals surface area contributed by atoms with Crippen LogP contribution in [-0.4, -0.2) is 38.3 Å². The minimum Gasteiger partial charge on any atom is -0.330 e. The van der Waals surface area contributed by atoms with Gasteiger partial charge in [0.05, 0.1) is 5.02 Å². The summed E-state index contributed by atoms with van der Waals surface area (Å²) in [7, 11) is -3.61. The Morgan fingerprint density at radius 3 is 2.57 bits per heavy atom. The second-order valence-corrected chi connectivity index (χ2v) is 7.51. The summed E-state index contributed by atoms with van der Waals surface area (Å²) >= 11 is 6.04. The van der Waals surface area contributed by atoms with Gasteiger partial charge in [-0.25, -0.2) is 8.42 Å². The van der Waals surface area contributed by atoms with Crippen LogP contribution in [0.25, 0.3) is 0 Å². The lowest BCUT2D eigenvalue weighted by Gasteiger charge is -2.17. The van der Waals surface area contributed by atoms with Crippen LogP contribution in [0.3, 0.4) is 0 Å². The van der Waals surface area contributed by atoms with Crippen molar-refractivity contribution in [2.45, 2.75) is 30.6 Å². The number of benzene rings is 1. The predicted octanol–water partition coefficient (Wildman–Crippen LogP) is 2.22. The summed E-state index contributed by atoms with van der Waals surface area (Å²) in [5.74, 6) is -0.197. The molecule has 1 aromatic carbocycles. The van der Waals surface area contributed by atoms with Crippen LogP contribution in [0.5, 0.6) is 0 Å². The number of nitrogens with one attached hydrogen (secondary N) is 1. The summed E-state index contributed by atoms with van der Waals surface area (Å²) in [6.45, 7) is 1.44. The van der Waals surface area contributed by atoms with Crippen molar-refractivity contribution in [3.05, 3.63) is 23.2 Å². The molecule has 1 aliphatic heterocycles. The fraction of sp³-hybridized carbons (Fsp3) is 0.500. The van der Waals surface area contributed by atoms with Gasteiger partial charge in [-0.3, -0.25) is 4.79 Å². The Morgan fingerprint density at radius 1 is 1.30 bits per heavy atom. The van der Waals surface area contributed by atoms with E-state index in [1.165, 1.54) is 16.4 Å². The number of rotatable bonds is 6. The van der Waals surface area contributed by atoms with E-state index in [9.17, 15) is 13.2 Å². The van der Waals surface area contributed by atoms with Gasteiger partial charge in [0.2, 0.25) is 15.9 Å². The minimum atomic E-state index is -3.61. The van der Waals surface area contributed by atoms with Crippen LogP contribution in [0, 0.1) is 0 Å². The zero-order valence-electron chi connectivity index (χ0n) is 12.6. The fourth-order valence-corrected chi connectivity index (χ4v) is 4.35. The molecule has 9 heteroatoms. The minimum absolute atomic E-state index is 0. The normalized spacial score (nSPS) is 15.2. The summed E-state index contributed by atoms with van der Waals surface area (Å²) in [4.78, 5) is 11.7. The first-order chi connectivity index (χ1) is 10.4. The highest BCUT2D eigenvalue weighted by Crippen LogP contribution is 2.29. The molecular formula is C14H21Cl2N3O3S. The average molecular weight is 382 g/mol. The van der Waals surface area contributed by atoms with E-state index in [4.69, 9.17) is 17.3 Å². The van der Waals surface area contributed by atoms with Crippen LogP contribution in [0.4, 0.5) is 5.69 Å². The number of sulfonamides is 1. The smallest absolute Gasteiger partial charge is 0.244 e. The molecule has 130 valence electrons. The Morgan fingerprint density at radius 2 is 1.96 bits per heavy atom. The van der Waals surface area contributed by atoms with Crippen LogP contribution >= 0.6 is 24.0 Å². The highest BCUT2D eigenvalue weighted by Gasteiger charge is 2.29. The molecule has 1 aliphatic rings. The third-order valence-electron chi connectivity index (χ3n) is 3.51. The Hall–Kier alpha value is -0.860. The number of anilines is 1. The van der Waals surface area contributed by atoms with Gasteiger partial charge in [-0.1, -0.05) is 11.6 Å². The molecule has 1 aromatic rings. The maximum atomic E-state index is 12.6. The molecule has 0 atom stereocenters. The number of amides is 1. The third-order valence-corrected chi connectivity index (χ3v) is 5.89. The molecule has 1 fully saturated rings. The average Bonchev–Trinajstić information content (AvgIpc) is 3.02. The molecule has 1 saturated heterocycles. The quantitative estimate of drug-likeness (QED) is 0.789. The van der Waals surface area contributed by atoms with E-state index in [2.05, 4.69) is 5.32 Å². The van der Waals surface area contributed by atoms with Gasteiger partial charge in [-0.15, -0.1) is 12.4 Å². The molecule has 6 nitrogen and oxygen atoms in total. The lowest BCUT2D eigenvalue weighted by atomic mass is 10.2. The maximum Gasteiger partial charge on any atom is 0.244 e. The van der Waals surface area contributed by atoms with Crippen molar-refractivity contribution < 1.29 is 13.2 Å². The van der Waals surface area contributed by atoms with Gasteiger partial charge in [0.1, 0.15) is 4.90 Å². The third kappa shape index (κ3) is 5.06. The van der Waals surface area contributed by atoms with E-state index in [1.807, 2.05) is 0 Å². The summed E-state index contributed by atoms with van der Waals surface area (Å²) in [5, 5.41) is 2.83. The summed E-state index contributed by atoms with van der Waals surface area (Å²) < 4.78 is 26.6. The highest BCUT2D eigenvalue weighted by molar-refractivity contribution is 7.89. The number of halogens is 2. The molecule has 0 bridgehead atoms. The summed E-state index contributed by atoms with van der Waals surface area (Å²) in [6, 6.07) is 4.49. The molecule has 0 unspecified atom stereocenters. The van der Waals surface area contributed by atoms with E-state index in [0.717, 1.165) is 12.8 Å². The van der Waals surface area contributed by atoms with Gasteiger partial charge >= 0.3 is 0 Å².